The van der Waals surface area contributed by atoms with Crippen LogP contribution < -0.4 is 0 Å². The van der Waals surface area contributed by atoms with Gasteiger partial charge < -0.3 is 0 Å². The van der Waals surface area contributed by atoms with Gasteiger partial charge in [-0.25, -0.2) is 0 Å². The summed E-state index contributed by atoms with van der Waals surface area (Å²) in [5, 5.41) is 0. The number of hydrogen-bond donors (Lipinski definition) is 0. The van der Waals surface area contributed by atoms with E-state index in [9.17, 15) is 4.79 Å². The van der Waals surface area contributed by atoms with Crippen molar-refractivity contribution >= 4 is 13.9 Å². The second-order valence-electron chi connectivity index (χ2n) is 4.86. The molecule has 0 aromatic heterocycles. The van der Waals surface area contributed by atoms with E-state index >= 15 is 0 Å². The van der Waals surface area contributed by atoms with Gasteiger partial charge in [0.2, 0.25) is 5.78 Å². The average molecular weight is 196 g/mol. The van der Waals surface area contributed by atoms with Gasteiger partial charge in [-0.1, -0.05) is 33.5 Å². The Balaban J connectivity index is 3.92. The summed E-state index contributed by atoms with van der Waals surface area (Å²) in [5.41, 5.74) is 3.08. The number of carbonyl (C=O) groups excluding carboxylic acids is 1. The molecule has 0 rings (SSSR count). The minimum absolute atomic E-state index is 0.108. The maximum atomic E-state index is 11.2. The van der Waals surface area contributed by atoms with Crippen molar-refractivity contribution in [3.63, 3.8) is 0 Å². The average Bonchev–Trinajstić information content (AvgIpc) is 1.95. The Hall–Kier alpha value is -0.553. The van der Waals surface area contributed by atoms with Gasteiger partial charge in [-0.2, -0.15) is 0 Å². The van der Waals surface area contributed by atoms with Crippen molar-refractivity contribution < 1.29 is 4.79 Å². The summed E-state index contributed by atoms with van der Waals surface area (Å²) in [6, 6.07) is 0. The highest BCUT2D eigenvalue weighted by molar-refractivity contribution is 6.84. The molecule has 0 aliphatic carbocycles. The van der Waals surface area contributed by atoms with E-state index in [2.05, 4.69) is 45.0 Å². The third-order valence-corrected chi connectivity index (χ3v) is 2.40. The van der Waals surface area contributed by atoms with Crippen molar-refractivity contribution in [3.05, 3.63) is 0 Å². The van der Waals surface area contributed by atoms with Gasteiger partial charge in [-0.3, -0.25) is 4.79 Å². The van der Waals surface area contributed by atoms with Crippen LogP contribution in [0.1, 0.15) is 26.7 Å². The van der Waals surface area contributed by atoms with E-state index in [4.69, 9.17) is 0 Å². The minimum Gasteiger partial charge on any atom is -0.285 e. The number of Topliss-reactive ketones (excluding diaryl/α,β-unsaturated/α-hetero) is 1. The van der Waals surface area contributed by atoms with Crippen molar-refractivity contribution in [2.75, 3.05) is 0 Å². The third-order valence-electron chi connectivity index (χ3n) is 1.53. The molecule has 0 saturated carbocycles. The van der Waals surface area contributed by atoms with Crippen molar-refractivity contribution in [1.82, 2.24) is 0 Å². The van der Waals surface area contributed by atoms with E-state index in [1.54, 1.807) is 0 Å². The zero-order chi connectivity index (χ0) is 10.5. The van der Waals surface area contributed by atoms with Crippen LogP contribution in [0.3, 0.4) is 0 Å². The predicted octanol–water partition coefficient (Wildman–Crippen LogP) is 2.87. The molecule has 0 aromatic rings. The van der Waals surface area contributed by atoms with Gasteiger partial charge >= 0.3 is 0 Å². The highest BCUT2D eigenvalue weighted by atomic mass is 28.3. The van der Waals surface area contributed by atoms with E-state index in [0.29, 0.717) is 12.3 Å². The molecule has 0 aromatic carbocycles. The van der Waals surface area contributed by atoms with Crippen LogP contribution in [0, 0.1) is 17.4 Å². The van der Waals surface area contributed by atoms with Crippen LogP contribution in [-0.2, 0) is 4.79 Å². The Labute approximate surface area is 82.9 Å². The molecule has 0 aliphatic heterocycles. The molecule has 0 saturated heterocycles. The standard InChI is InChI=1S/C11H20OSi/c1-10(2)6-7-11(12)8-9-13(3,4)5/h10H,6-7H2,1-5H3. The molecule has 0 unspecified atom stereocenters. The predicted molar refractivity (Wildman–Crippen MR) is 60.2 cm³/mol. The zero-order valence-corrected chi connectivity index (χ0v) is 10.4. The minimum atomic E-state index is -1.36. The molecule has 0 fully saturated rings. The summed E-state index contributed by atoms with van der Waals surface area (Å²) in [4.78, 5) is 11.2. The number of hydrogen-bond acceptors (Lipinski definition) is 1. The molecular weight excluding hydrogens is 176 g/mol. The van der Waals surface area contributed by atoms with E-state index in [1.807, 2.05) is 0 Å². The third kappa shape index (κ3) is 9.36. The summed E-state index contributed by atoms with van der Waals surface area (Å²) in [6.45, 7) is 10.7. The fourth-order valence-electron chi connectivity index (χ4n) is 0.739. The van der Waals surface area contributed by atoms with Gasteiger partial charge in [0.15, 0.2) is 0 Å². The molecule has 0 atom stereocenters. The Kier molecular flexibility index (Phi) is 5.01. The smallest absolute Gasteiger partial charge is 0.204 e. The zero-order valence-electron chi connectivity index (χ0n) is 9.40. The van der Waals surface area contributed by atoms with Crippen LogP contribution in [0.4, 0.5) is 0 Å². The Morgan fingerprint density at radius 2 is 1.85 bits per heavy atom. The highest BCUT2D eigenvalue weighted by Gasteiger charge is 2.08. The van der Waals surface area contributed by atoms with Gasteiger partial charge in [0.05, 0.1) is 0 Å². The van der Waals surface area contributed by atoms with Gasteiger partial charge in [0.25, 0.3) is 0 Å². The first-order chi connectivity index (χ1) is 5.81. The fraction of sp³-hybridized carbons (Fsp3) is 0.727. The van der Waals surface area contributed by atoms with Crippen LogP contribution in [0.25, 0.3) is 0 Å². The molecule has 0 radical (unpaired) electrons. The van der Waals surface area contributed by atoms with E-state index in [1.165, 1.54) is 0 Å². The second-order valence-corrected chi connectivity index (χ2v) is 9.61. The molecule has 2 heteroatoms. The Morgan fingerprint density at radius 3 is 2.23 bits per heavy atom. The van der Waals surface area contributed by atoms with Crippen LogP contribution in [-0.4, -0.2) is 13.9 Å². The first kappa shape index (κ1) is 12.4. The summed E-state index contributed by atoms with van der Waals surface area (Å²) in [6.07, 6.45) is 1.58. The molecule has 0 heterocycles. The van der Waals surface area contributed by atoms with Gasteiger partial charge in [0, 0.05) is 6.42 Å². The molecule has 74 valence electrons. The normalized spacial score (nSPS) is 10.9. The topological polar surface area (TPSA) is 17.1 Å². The number of carbonyl (C=O) groups is 1. The van der Waals surface area contributed by atoms with E-state index in [-0.39, 0.29) is 5.78 Å². The SMILES string of the molecule is CC(C)CCC(=O)C#C[Si](C)(C)C. The van der Waals surface area contributed by atoms with E-state index in [0.717, 1.165) is 6.42 Å². The molecule has 1 nitrogen and oxygen atoms in total. The molecule has 13 heavy (non-hydrogen) atoms. The van der Waals surface area contributed by atoms with Crippen LogP contribution >= 0.6 is 0 Å². The lowest BCUT2D eigenvalue weighted by molar-refractivity contribution is -0.114. The lowest BCUT2D eigenvalue weighted by atomic mass is 10.1. The van der Waals surface area contributed by atoms with Gasteiger partial charge in [-0.05, 0) is 18.3 Å². The van der Waals surface area contributed by atoms with Crippen molar-refractivity contribution in [1.29, 1.82) is 0 Å². The van der Waals surface area contributed by atoms with Crippen LogP contribution in [0.2, 0.25) is 19.6 Å². The lowest BCUT2D eigenvalue weighted by Gasteiger charge is -2.03. The quantitative estimate of drug-likeness (QED) is 0.501. The molecule has 0 N–H and O–H groups in total. The second kappa shape index (κ2) is 5.24. The first-order valence-corrected chi connectivity index (χ1v) is 8.37. The van der Waals surface area contributed by atoms with Crippen molar-refractivity contribution in [2.45, 2.75) is 46.3 Å². The Bertz CT molecular complexity index is 225. The lowest BCUT2D eigenvalue weighted by Crippen LogP contribution is -2.17. The molecule has 0 aliphatic rings. The van der Waals surface area contributed by atoms with Gasteiger partial charge in [0.1, 0.15) is 8.07 Å². The molecule has 0 amide bonds. The monoisotopic (exact) mass is 196 g/mol. The van der Waals surface area contributed by atoms with Crippen LogP contribution in [0.5, 0.6) is 0 Å². The highest BCUT2D eigenvalue weighted by Crippen LogP contribution is 2.03. The number of rotatable bonds is 3. The molecule has 0 bridgehead atoms. The molecule has 0 spiro atoms. The largest absolute Gasteiger partial charge is 0.285 e. The number of ketones is 1. The van der Waals surface area contributed by atoms with Gasteiger partial charge in [-0.15, -0.1) is 5.54 Å². The Morgan fingerprint density at radius 1 is 1.31 bits per heavy atom. The maximum Gasteiger partial charge on any atom is 0.204 e. The fourth-order valence-corrected chi connectivity index (χ4v) is 1.25. The summed E-state index contributed by atoms with van der Waals surface area (Å²) in [5.74, 6) is 3.45. The van der Waals surface area contributed by atoms with Crippen molar-refractivity contribution in [3.8, 4) is 11.5 Å². The summed E-state index contributed by atoms with van der Waals surface area (Å²) >= 11 is 0. The van der Waals surface area contributed by atoms with Crippen LogP contribution in [0.15, 0.2) is 0 Å². The summed E-state index contributed by atoms with van der Waals surface area (Å²) in [7, 11) is -1.36. The van der Waals surface area contributed by atoms with Crippen molar-refractivity contribution in [2.24, 2.45) is 5.92 Å². The van der Waals surface area contributed by atoms with E-state index < -0.39 is 8.07 Å². The maximum absolute atomic E-state index is 11.2. The molecular formula is C11H20OSi. The first-order valence-electron chi connectivity index (χ1n) is 4.87. The summed E-state index contributed by atoms with van der Waals surface area (Å²) < 4.78 is 0.